The van der Waals surface area contributed by atoms with Crippen LogP contribution in [0.5, 0.6) is 5.75 Å². The van der Waals surface area contributed by atoms with Gasteiger partial charge in [-0.05, 0) is 61.9 Å². The van der Waals surface area contributed by atoms with Gasteiger partial charge in [-0.2, -0.15) is 0 Å². The van der Waals surface area contributed by atoms with Crippen molar-refractivity contribution in [2.45, 2.75) is 26.3 Å². The van der Waals surface area contributed by atoms with E-state index in [2.05, 4.69) is 5.32 Å². The highest BCUT2D eigenvalue weighted by Crippen LogP contribution is 2.27. The molecule has 192 valence electrons. The minimum atomic E-state index is -0.497. The standard InChI is InChI=1S/C29H32N4O4/c1-4-26(32(19-20-36-3)29(35)30-21-11-7-6-8-12-21)27-31-25-14-10-9-13-24(25)28(34)33(27)22-15-17-23(18-16-22)37-5-2/h6-18,26H,4-5,19-20H2,1-3H3,(H,30,35). The Hall–Kier alpha value is -4.17. The number of benzene rings is 3. The lowest BCUT2D eigenvalue weighted by Gasteiger charge is -2.32. The molecule has 4 aromatic rings. The van der Waals surface area contributed by atoms with Gasteiger partial charge in [-0.15, -0.1) is 0 Å². The van der Waals surface area contributed by atoms with Crippen molar-refractivity contribution < 1.29 is 14.3 Å². The number of anilines is 1. The molecule has 8 heteroatoms. The van der Waals surface area contributed by atoms with Crippen LogP contribution in [0.3, 0.4) is 0 Å². The SMILES string of the molecule is CCOc1ccc(-n2c(C(CC)N(CCOC)C(=O)Nc3ccccc3)nc3ccccc3c2=O)cc1. The fraction of sp³-hybridized carbons (Fsp3) is 0.276. The maximum atomic E-state index is 13.8. The highest BCUT2D eigenvalue weighted by Gasteiger charge is 2.29. The van der Waals surface area contributed by atoms with Crippen molar-refractivity contribution in [2.75, 3.05) is 32.2 Å². The Bertz CT molecular complexity index is 1390. The van der Waals surface area contributed by atoms with E-state index in [9.17, 15) is 9.59 Å². The summed E-state index contributed by atoms with van der Waals surface area (Å²) < 4.78 is 12.5. The third kappa shape index (κ3) is 5.81. The van der Waals surface area contributed by atoms with Crippen LogP contribution >= 0.6 is 0 Å². The first kappa shape index (κ1) is 25.9. The Morgan fingerprint density at radius 1 is 1.00 bits per heavy atom. The minimum Gasteiger partial charge on any atom is -0.494 e. The second-order valence-electron chi connectivity index (χ2n) is 8.46. The molecule has 37 heavy (non-hydrogen) atoms. The van der Waals surface area contributed by atoms with Gasteiger partial charge in [0.15, 0.2) is 0 Å². The van der Waals surface area contributed by atoms with E-state index in [0.29, 0.717) is 60.0 Å². The van der Waals surface area contributed by atoms with Crippen LogP contribution in [0, 0.1) is 0 Å². The van der Waals surface area contributed by atoms with E-state index in [1.165, 1.54) is 0 Å². The summed E-state index contributed by atoms with van der Waals surface area (Å²) >= 11 is 0. The minimum absolute atomic E-state index is 0.196. The Kier molecular flexibility index (Phi) is 8.53. The number of amides is 2. The zero-order chi connectivity index (χ0) is 26.2. The van der Waals surface area contributed by atoms with Gasteiger partial charge < -0.3 is 19.7 Å². The van der Waals surface area contributed by atoms with E-state index in [-0.39, 0.29) is 11.6 Å². The van der Waals surface area contributed by atoms with Crippen molar-refractivity contribution in [3.8, 4) is 11.4 Å². The fourth-order valence-corrected chi connectivity index (χ4v) is 4.33. The van der Waals surface area contributed by atoms with Crippen molar-refractivity contribution in [3.63, 3.8) is 0 Å². The molecule has 0 saturated heterocycles. The van der Waals surface area contributed by atoms with Gasteiger partial charge in [0.1, 0.15) is 11.6 Å². The van der Waals surface area contributed by atoms with Gasteiger partial charge >= 0.3 is 6.03 Å². The van der Waals surface area contributed by atoms with Crippen LogP contribution in [0.4, 0.5) is 10.5 Å². The third-order valence-corrected chi connectivity index (χ3v) is 6.09. The maximum absolute atomic E-state index is 13.8. The summed E-state index contributed by atoms with van der Waals surface area (Å²) in [5, 5.41) is 3.47. The molecule has 4 rings (SSSR count). The summed E-state index contributed by atoms with van der Waals surface area (Å²) in [5.74, 6) is 1.19. The number of rotatable bonds is 10. The summed E-state index contributed by atoms with van der Waals surface area (Å²) in [6.07, 6.45) is 0.535. The monoisotopic (exact) mass is 500 g/mol. The van der Waals surface area contributed by atoms with Crippen LogP contribution in [0.15, 0.2) is 83.7 Å². The molecular formula is C29H32N4O4. The Labute approximate surface area is 216 Å². The molecule has 3 aromatic carbocycles. The number of ether oxygens (including phenoxy) is 2. The van der Waals surface area contributed by atoms with Gasteiger partial charge in [-0.3, -0.25) is 9.36 Å². The average Bonchev–Trinajstić information content (AvgIpc) is 2.92. The second-order valence-corrected chi connectivity index (χ2v) is 8.46. The first-order chi connectivity index (χ1) is 18.1. The van der Waals surface area contributed by atoms with E-state index in [1.54, 1.807) is 22.6 Å². The number of carbonyl (C=O) groups is 1. The molecule has 1 aromatic heterocycles. The Morgan fingerprint density at radius 3 is 2.38 bits per heavy atom. The normalized spacial score (nSPS) is 11.8. The molecule has 1 unspecified atom stereocenters. The molecule has 0 fully saturated rings. The lowest BCUT2D eigenvalue weighted by atomic mass is 10.1. The van der Waals surface area contributed by atoms with E-state index in [0.717, 1.165) is 0 Å². The molecule has 0 spiro atoms. The van der Waals surface area contributed by atoms with Crippen LogP contribution < -0.4 is 15.6 Å². The quantitative estimate of drug-likeness (QED) is 0.314. The van der Waals surface area contributed by atoms with Gasteiger partial charge in [-0.1, -0.05) is 37.3 Å². The van der Waals surface area contributed by atoms with E-state index in [1.807, 2.05) is 86.6 Å². The number of carbonyl (C=O) groups excluding carboxylic acids is 1. The fourth-order valence-electron chi connectivity index (χ4n) is 4.33. The summed E-state index contributed by atoms with van der Waals surface area (Å²) in [5.41, 5.74) is 1.71. The maximum Gasteiger partial charge on any atom is 0.322 e. The molecule has 1 atom stereocenters. The summed E-state index contributed by atoms with van der Waals surface area (Å²) in [4.78, 5) is 34.0. The highest BCUT2D eigenvalue weighted by atomic mass is 16.5. The number of nitrogens with one attached hydrogen (secondary N) is 1. The van der Waals surface area contributed by atoms with Gasteiger partial charge in [-0.25, -0.2) is 9.78 Å². The smallest absolute Gasteiger partial charge is 0.322 e. The van der Waals surface area contributed by atoms with E-state index < -0.39 is 6.04 Å². The third-order valence-electron chi connectivity index (χ3n) is 6.09. The molecule has 0 radical (unpaired) electrons. The van der Waals surface area contributed by atoms with Crippen LogP contribution in [0.25, 0.3) is 16.6 Å². The van der Waals surface area contributed by atoms with Crippen LogP contribution in [-0.2, 0) is 4.74 Å². The molecule has 0 saturated carbocycles. The molecule has 2 amide bonds. The first-order valence-electron chi connectivity index (χ1n) is 12.4. The van der Waals surface area contributed by atoms with Crippen LogP contribution in [0.2, 0.25) is 0 Å². The number of methoxy groups -OCH3 is 1. The average molecular weight is 501 g/mol. The van der Waals surface area contributed by atoms with Crippen LogP contribution in [0.1, 0.15) is 32.1 Å². The van der Waals surface area contributed by atoms with Gasteiger partial charge in [0.05, 0.1) is 35.8 Å². The van der Waals surface area contributed by atoms with Crippen molar-refractivity contribution in [2.24, 2.45) is 0 Å². The predicted molar refractivity (Wildman–Crippen MR) is 146 cm³/mol. The molecule has 0 aliphatic carbocycles. The van der Waals surface area contributed by atoms with Crippen molar-refractivity contribution in [1.29, 1.82) is 0 Å². The Morgan fingerprint density at radius 2 is 1.70 bits per heavy atom. The lowest BCUT2D eigenvalue weighted by Crippen LogP contribution is -2.42. The van der Waals surface area contributed by atoms with E-state index >= 15 is 0 Å². The number of urea groups is 1. The Balaban J connectivity index is 1.85. The van der Waals surface area contributed by atoms with Crippen molar-refractivity contribution in [3.05, 3.63) is 95.0 Å². The number of para-hydroxylation sites is 2. The molecule has 0 bridgehead atoms. The van der Waals surface area contributed by atoms with E-state index in [4.69, 9.17) is 14.5 Å². The van der Waals surface area contributed by atoms with Crippen molar-refractivity contribution in [1.82, 2.24) is 14.5 Å². The zero-order valence-electron chi connectivity index (χ0n) is 21.4. The molecular weight excluding hydrogens is 468 g/mol. The number of fused-ring (bicyclic) bond motifs is 1. The van der Waals surface area contributed by atoms with Crippen LogP contribution in [-0.4, -0.2) is 47.4 Å². The highest BCUT2D eigenvalue weighted by molar-refractivity contribution is 5.89. The number of nitrogens with zero attached hydrogens (tertiary/aromatic N) is 3. The second kappa shape index (κ2) is 12.2. The van der Waals surface area contributed by atoms with Gasteiger partial charge in [0.2, 0.25) is 0 Å². The zero-order valence-corrected chi connectivity index (χ0v) is 21.4. The number of aromatic nitrogens is 2. The largest absolute Gasteiger partial charge is 0.494 e. The summed E-state index contributed by atoms with van der Waals surface area (Å²) in [6.45, 7) is 5.10. The molecule has 0 aliphatic rings. The molecule has 0 aliphatic heterocycles. The predicted octanol–water partition coefficient (Wildman–Crippen LogP) is 5.42. The van der Waals surface area contributed by atoms with Gasteiger partial charge in [0.25, 0.3) is 5.56 Å². The number of hydrogen-bond donors (Lipinski definition) is 1. The summed E-state index contributed by atoms with van der Waals surface area (Å²) in [6, 6.07) is 23.1. The molecule has 8 nitrogen and oxygen atoms in total. The van der Waals surface area contributed by atoms with Gasteiger partial charge in [0, 0.05) is 19.3 Å². The summed E-state index contributed by atoms with van der Waals surface area (Å²) in [7, 11) is 1.60. The number of hydrogen-bond acceptors (Lipinski definition) is 5. The van der Waals surface area contributed by atoms with Crippen molar-refractivity contribution >= 4 is 22.6 Å². The molecule has 1 heterocycles. The first-order valence-corrected chi connectivity index (χ1v) is 12.4. The lowest BCUT2D eigenvalue weighted by molar-refractivity contribution is 0.131. The molecule has 1 N–H and O–H groups in total. The topological polar surface area (TPSA) is 85.7 Å².